The maximum absolute atomic E-state index is 12.3. The number of benzene rings is 1. The molecule has 0 N–H and O–H groups in total. The van der Waals surface area contributed by atoms with Crippen LogP contribution in [0.4, 0.5) is 16.2 Å². The third-order valence-electron chi connectivity index (χ3n) is 7.61. The Morgan fingerprint density at radius 2 is 1.84 bits per heavy atom. The highest BCUT2D eigenvalue weighted by Gasteiger charge is 2.55. The fourth-order valence-corrected chi connectivity index (χ4v) is 5.88. The second-order valence-electron chi connectivity index (χ2n) is 11.7. The van der Waals surface area contributed by atoms with Crippen molar-refractivity contribution in [2.24, 2.45) is 12.5 Å². The second kappa shape index (κ2) is 9.20. The Hall–Kier alpha value is -3.34. The summed E-state index contributed by atoms with van der Waals surface area (Å²) in [5.74, 6) is 0.263. The van der Waals surface area contributed by atoms with Crippen molar-refractivity contribution in [3.63, 3.8) is 0 Å². The van der Waals surface area contributed by atoms with Gasteiger partial charge in [-0.1, -0.05) is 0 Å². The van der Waals surface area contributed by atoms with Gasteiger partial charge in [-0.15, -0.1) is 0 Å². The molecule has 1 spiro atoms. The molecule has 2 aromatic rings. The maximum Gasteiger partial charge on any atom is 0.410 e. The van der Waals surface area contributed by atoms with E-state index < -0.39 is 10.5 Å². The molecule has 37 heavy (non-hydrogen) atoms. The van der Waals surface area contributed by atoms with Gasteiger partial charge in [0.1, 0.15) is 5.60 Å². The van der Waals surface area contributed by atoms with Crippen molar-refractivity contribution < 1.29 is 19.2 Å². The van der Waals surface area contributed by atoms with Crippen LogP contribution in [0.2, 0.25) is 0 Å². The number of carbonyl (C=O) groups excluding carboxylic acids is 1. The quantitative estimate of drug-likeness (QED) is 0.443. The lowest BCUT2D eigenvalue weighted by atomic mass is 9.72. The molecular weight excluding hydrogens is 476 g/mol. The molecule has 1 aromatic heterocycles. The monoisotopic (exact) mass is 512 g/mol. The fourth-order valence-electron chi connectivity index (χ4n) is 5.88. The van der Waals surface area contributed by atoms with Crippen LogP contribution in [0.25, 0.3) is 11.1 Å². The molecule has 0 saturated carbocycles. The first-order valence-corrected chi connectivity index (χ1v) is 12.8. The van der Waals surface area contributed by atoms with Gasteiger partial charge in [0.25, 0.3) is 0 Å². The van der Waals surface area contributed by atoms with Crippen molar-refractivity contribution in [1.82, 2.24) is 19.6 Å². The maximum atomic E-state index is 12.3. The van der Waals surface area contributed by atoms with Crippen LogP contribution in [0.1, 0.15) is 33.6 Å². The summed E-state index contributed by atoms with van der Waals surface area (Å²) in [5.41, 5.74) is 2.26. The van der Waals surface area contributed by atoms with Crippen molar-refractivity contribution >= 4 is 17.5 Å². The summed E-state index contributed by atoms with van der Waals surface area (Å²) in [6.07, 6.45) is 5.42. The van der Waals surface area contributed by atoms with Gasteiger partial charge in [0.2, 0.25) is 0 Å². The lowest BCUT2D eigenvalue weighted by Gasteiger charge is -2.62. The molecule has 4 heterocycles. The lowest BCUT2D eigenvalue weighted by Crippen LogP contribution is -2.74. The average Bonchev–Trinajstić information content (AvgIpc) is 3.21. The number of nitro benzene ring substituents is 1. The van der Waals surface area contributed by atoms with E-state index in [-0.39, 0.29) is 22.9 Å². The predicted octanol–water partition coefficient (Wildman–Crippen LogP) is 3.53. The van der Waals surface area contributed by atoms with Crippen LogP contribution in [0.3, 0.4) is 0 Å². The molecule has 11 heteroatoms. The Balaban J connectivity index is 1.22. The van der Waals surface area contributed by atoms with E-state index in [1.165, 1.54) is 7.11 Å². The summed E-state index contributed by atoms with van der Waals surface area (Å²) in [5, 5.41) is 15.9. The molecular formula is C26H36N6O5. The summed E-state index contributed by atoms with van der Waals surface area (Å²) >= 11 is 0. The first kappa shape index (κ1) is 25.3. The zero-order valence-electron chi connectivity index (χ0n) is 22.3. The molecule has 3 aliphatic heterocycles. The zero-order chi connectivity index (χ0) is 26.5. The Labute approximate surface area is 217 Å². The number of rotatable bonds is 5. The zero-order valence-corrected chi connectivity index (χ0v) is 22.3. The highest BCUT2D eigenvalue weighted by Crippen LogP contribution is 2.44. The molecule has 11 nitrogen and oxygen atoms in total. The number of aromatic nitrogens is 2. The molecule has 5 rings (SSSR count). The minimum Gasteiger partial charge on any atom is -0.490 e. The number of carbonyl (C=O) groups is 1. The standard InChI is InChI=1S/C26H36N6O5/c1-25(2,3)37-24(33)31-16-26(17-31)14-30(15-26)19-6-8-29(9-7-19)21-11-23(36-5)22(32(34)35)10-20(21)18-12-27-28(4)13-18/h10-13,19H,6-9,14-17H2,1-5H3. The molecule has 0 unspecified atom stereocenters. The number of hydrogen-bond acceptors (Lipinski definition) is 8. The van der Waals surface area contributed by atoms with Gasteiger partial charge in [-0.25, -0.2) is 4.79 Å². The van der Waals surface area contributed by atoms with Gasteiger partial charge in [-0.05, 0) is 33.6 Å². The number of nitrogens with zero attached hydrogens (tertiary/aromatic N) is 6. The van der Waals surface area contributed by atoms with Gasteiger partial charge in [-0.2, -0.15) is 5.10 Å². The van der Waals surface area contributed by atoms with Crippen molar-refractivity contribution in [2.45, 2.75) is 45.3 Å². The molecule has 0 atom stereocenters. The summed E-state index contributed by atoms with van der Waals surface area (Å²) in [6, 6.07) is 3.89. The van der Waals surface area contributed by atoms with E-state index >= 15 is 0 Å². The van der Waals surface area contributed by atoms with E-state index in [0.717, 1.165) is 68.9 Å². The van der Waals surface area contributed by atoms with Gasteiger partial charge >= 0.3 is 11.8 Å². The molecule has 3 aliphatic rings. The normalized spacial score (nSPS) is 19.9. The minimum atomic E-state index is -0.468. The number of methoxy groups -OCH3 is 1. The van der Waals surface area contributed by atoms with E-state index in [9.17, 15) is 14.9 Å². The molecule has 3 fully saturated rings. The third-order valence-corrected chi connectivity index (χ3v) is 7.61. The Kier molecular flexibility index (Phi) is 6.29. The number of amides is 1. The van der Waals surface area contributed by atoms with Crippen LogP contribution in [0.15, 0.2) is 24.5 Å². The van der Waals surface area contributed by atoms with Gasteiger partial charge in [0.05, 0.1) is 18.2 Å². The lowest BCUT2D eigenvalue weighted by molar-refractivity contribution is -0.385. The number of likely N-dealkylation sites (tertiary alicyclic amines) is 2. The van der Waals surface area contributed by atoms with Crippen molar-refractivity contribution in [2.75, 3.05) is 51.3 Å². The largest absolute Gasteiger partial charge is 0.490 e. The highest BCUT2D eigenvalue weighted by atomic mass is 16.6. The smallest absolute Gasteiger partial charge is 0.410 e. The van der Waals surface area contributed by atoms with Gasteiger partial charge in [0.15, 0.2) is 5.75 Å². The summed E-state index contributed by atoms with van der Waals surface area (Å²) in [4.78, 5) is 30.2. The van der Waals surface area contributed by atoms with E-state index in [2.05, 4.69) is 14.9 Å². The topological polar surface area (TPSA) is 106 Å². The van der Waals surface area contributed by atoms with Crippen LogP contribution in [-0.4, -0.2) is 88.6 Å². The molecule has 1 aromatic carbocycles. The number of ether oxygens (including phenoxy) is 2. The van der Waals surface area contributed by atoms with Crippen LogP contribution < -0.4 is 9.64 Å². The molecule has 0 bridgehead atoms. The number of anilines is 1. The van der Waals surface area contributed by atoms with E-state index in [0.29, 0.717) is 6.04 Å². The molecule has 3 saturated heterocycles. The average molecular weight is 513 g/mol. The van der Waals surface area contributed by atoms with Gasteiger partial charge in [-0.3, -0.25) is 19.7 Å². The summed E-state index contributed by atoms with van der Waals surface area (Å²) in [6.45, 7) is 11.0. The van der Waals surface area contributed by atoms with Crippen LogP contribution in [0, 0.1) is 15.5 Å². The SMILES string of the molecule is COc1cc(N2CCC(N3CC4(CN(C(=O)OC(C)(C)C)C4)C3)CC2)c(-c2cnn(C)c2)cc1[N+](=O)[O-]. The Morgan fingerprint density at radius 3 is 2.38 bits per heavy atom. The summed E-state index contributed by atoms with van der Waals surface area (Å²) in [7, 11) is 3.30. The predicted molar refractivity (Wildman–Crippen MR) is 139 cm³/mol. The second-order valence-corrected chi connectivity index (χ2v) is 11.7. The Morgan fingerprint density at radius 1 is 1.16 bits per heavy atom. The van der Waals surface area contributed by atoms with Gasteiger partial charge < -0.3 is 19.3 Å². The van der Waals surface area contributed by atoms with Crippen LogP contribution in [-0.2, 0) is 11.8 Å². The van der Waals surface area contributed by atoms with E-state index in [4.69, 9.17) is 9.47 Å². The molecule has 200 valence electrons. The first-order valence-electron chi connectivity index (χ1n) is 12.8. The third kappa shape index (κ3) is 4.96. The number of aryl methyl sites for hydroxylation is 1. The fraction of sp³-hybridized carbons (Fsp3) is 0.615. The van der Waals surface area contributed by atoms with Gasteiger partial charge in [0, 0.05) is 92.9 Å². The number of hydrogen-bond donors (Lipinski definition) is 0. The molecule has 0 aliphatic carbocycles. The first-order chi connectivity index (χ1) is 17.5. The molecule has 0 radical (unpaired) electrons. The Bertz CT molecular complexity index is 1180. The highest BCUT2D eigenvalue weighted by molar-refractivity contribution is 5.82. The van der Waals surface area contributed by atoms with Crippen LogP contribution in [0.5, 0.6) is 5.75 Å². The number of nitro groups is 1. The van der Waals surface area contributed by atoms with Crippen molar-refractivity contribution in [3.05, 3.63) is 34.6 Å². The van der Waals surface area contributed by atoms with Crippen molar-refractivity contribution in [1.29, 1.82) is 0 Å². The van der Waals surface area contributed by atoms with E-state index in [1.54, 1.807) is 23.0 Å². The minimum absolute atomic E-state index is 0.0493. The summed E-state index contributed by atoms with van der Waals surface area (Å²) < 4.78 is 12.6. The number of piperidine rings is 1. The van der Waals surface area contributed by atoms with Crippen molar-refractivity contribution in [3.8, 4) is 16.9 Å². The molecule has 1 amide bonds. The van der Waals surface area contributed by atoms with Crippen LogP contribution >= 0.6 is 0 Å². The van der Waals surface area contributed by atoms with E-state index in [1.807, 2.05) is 38.9 Å².